The molecule has 0 saturated carbocycles. The molecule has 0 aliphatic heterocycles. The lowest BCUT2D eigenvalue weighted by Crippen LogP contribution is -2.04. The van der Waals surface area contributed by atoms with Crippen LogP contribution in [0.15, 0.2) is 53.4 Å². The summed E-state index contributed by atoms with van der Waals surface area (Å²) in [5.41, 5.74) is 2.34. The van der Waals surface area contributed by atoms with Crippen molar-refractivity contribution in [1.29, 1.82) is 0 Å². The lowest BCUT2D eigenvalue weighted by atomic mass is 10.0. The van der Waals surface area contributed by atoms with Gasteiger partial charge in [0.15, 0.2) is 5.78 Å². The summed E-state index contributed by atoms with van der Waals surface area (Å²) in [5, 5.41) is 0. The van der Waals surface area contributed by atoms with Gasteiger partial charge in [-0.1, -0.05) is 35.9 Å². The molecule has 0 aromatic heterocycles. The van der Waals surface area contributed by atoms with E-state index in [2.05, 4.69) is 0 Å². The van der Waals surface area contributed by atoms with Gasteiger partial charge >= 0.3 is 0 Å². The summed E-state index contributed by atoms with van der Waals surface area (Å²) in [7, 11) is -4.19. The van der Waals surface area contributed by atoms with E-state index in [1.165, 1.54) is 24.3 Å². The molecule has 2 rings (SSSR count). The molecule has 0 radical (unpaired) electrons. The molecule has 0 fully saturated rings. The van der Waals surface area contributed by atoms with Crippen LogP contribution in [0.25, 0.3) is 0 Å². The zero-order valence-electron chi connectivity index (χ0n) is 10.9. The monoisotopic (exact) mass is 290 g/mol. The Hall–Kier alpha value is -1.98. The summed E-state index contributed by atoms with van der Waals surface area (Å²) < 4.78 is 30.7. The average molecular weight is 290 g/mol. The summed E-state index contributed by atoms with van der Waals surface area (Å²) >= 11 is 0. The van der Waals surface area contributed by atoms with E-state index in [-0.39, 0.29) is 17.1 Å². The SMILES string of the molecule is Cc1cccc(C(=O)Cc2ccc(S(=O)(=O)O)cc2)c1. The lowest BCUT2D eigenvalue weighted by molar-refractivity contribution is 0.0993. The minimum absolute atomic E-state index is 0.0340. The van der Waals surface area contributed by atoms with Crippen molar-refractivity contribution in [3.05, 3.63) is 65.2 Å². The molecular weight excluding hydrogens is 276 g/mol. The Morgan fingerprint density at radius 2 is 1.75 bits per heavy atom. The largest absolute Gasteiger partial charge is 0.294 e. The fourth-order valence-electron chi connectivity index (χ4n) is 1.89. The Morgan fingerprint density at radius 3 is 2.30 bits per heavy atom. The van der Waals surface area contributed by atoms with Crippen molar-refractivity contribution in [3.63, 3.8) is 0 Å². The van der Waals surface area contributed by atoms with Gasteiger partial charge in [0.05, 0.1) is 4.90 Å². The van der Waals surface area contributed by atoms with Crippen LogP contribution >= 0.6 is 0 Å². The molecule has 0 spiro atoms. The van der Waals surface area contributed by atoms with Crippen LogP contribution in [0.4, 0.5) is 0 Å². The maximum Gasteiger partial charge on any atom is 0.294 e. The number of carbonyl (C=O) groups is 1. The molecule has 0 aliphatic carbocycles. The van der Waals surface area contributed by atoms with Gasteiger partial charge in [-0.05, 0) is 30.7 Å². The molecule has 104 valence electrons. The minimum Gasteiger partial charge on any atom is -0.294 e. The van der Waals surface area contributed by atoms with Gasteiger partial charge in [-0.2, -0.15) is 8.42 Å². The highest BCUT2D eigenvalue weighted by Crippen LogP contribution is 2.13. The Balaban J connectivity index is 2.16. The number of hydrogen-bond acceptors (Lipinski definition) is 3. The summed E-state index contributed by atoms with van der Waals surface area (Å²) in [6, 6.07) is 12.9. The third-order valence-corrected chi connectivity index (χ3v) is 3.79. The van der Waals surface area contributed by atoms with E-state index >= 15 is 0 Å². The van der Waals surface area contributed by atoms with E-state index in [1.807, 2.05) is 25.1 Å². The first-order valence-corrected chi connectivity index (χ1v) is 7.46. The van der Waals surface area contributed by atoms with Crippen LogP contribution < -0.4 is 0 Å². The third-order valence-electron chi connectivity index (χ3n) is 2.93. The quantitative estimate of drug-likeness (QED) is 0.694. The zero-order chi connectivity index (χ0) is 14.8. The van der Waals surface area contributed by atoms with Gasteiger partial charge in [0.25, 0.3) is 10.1 Å². The molecule has 4 nitrogen and oxygen atoms in total. The van der Waals surface area contributed by atoms with Crippen LogP contribution in [0, 0.1) is 6.92 Å². The smallest absolute Gasteiger partial charge is 0.294 e. The number of rotatable bonds is 4. The second-order valence-electron chi connectivity index (χ2n) is 4.59. The van der Waals surface area contributed by atoms with Crippen molar-refractivity contribution in [2.24, 2.45) is 0 Å². The van der Waals surface area contributed by atoms with E-state index in [9.17, 15) is 13.2 Å². The number of Topliss-reactive ketones (excluding diaryl/α,β-unsaturated/α-hetero) is 1. The van der Waals surface area contributed by atoms with Crippen molar-refractivity contribution in [2.75, 3.05) is 0 Å². The van der Waals surface area contributed by atoms with Crippen molar-refractivity contribution >= 4 is 15.9 Å². The Labute approximate surface area is 117 Å². The summed E-state index contributed by atoms with van der Waals surface area (Å²) in [5.74, 6) is -0.0340. The molecule has 0 heterocycles. The predicted octanol–water partition coefficient (Wildman–Crippen LogP) is 2.67. The highest BCUT2D eigenvalue weighted by atomic mass is 32.2. The van der Waals surface area contributed by atoms with Gasteiger partial charge in [-0.25, -0.2) is 0 Å². The number of carbonyl (C=O) groups excluding carboxylic acids is 1. The highest BCUT2D eigenvalue weighted by Gasteiger charge is 2.11. The Morgan fingerprint density at radius 1 is 1.10 bits per heavy atom. The van der Waals surface area contributed by atoms with E-state index < -0.39 is 10.1 Å². The molecule has 1 N–H and O–H groups in total. The zero-order valence-corrected chi connectivity index (χ0v) is 11.7. The van der Waals surface area contributed by atoms with Crippen molar-refractivity contribution in [2.45, 2.75) is 18.2 Å². The van der Waals surface area contributed by atoms with E-state index in [0.29, 0.717) is 11.1 Å². The molecule has 2 aromatic rings. The molecule has 5 heteroatoms. The number of aryl methyl sites for hydroxylation is 1. The van der Waals surface area contributed by atoms with Gasteiger partial charge in [0.1, 0.15) is 0 Å². The maximum atomic E-state index is 12.1. The van der Waals surface area contributed by atoms with Crippen LogP contribution in [0.2, 0.25) is 0 Å². The van der Waals surface area contributed by atoms with Gasteiger partial charge in [-0.3, -0.25) is 9.35 Å². The lowest BCUT2D eigenvalue weighted by Gasteiger charge is -2.03. The van der Waals surface area contributed by atoms with Crippen molar-refractivity contribution in [1.82, 2.24) is 0 Å². The van der Waals surface area contributed by atoms with Crippen LogP contribution in [0.1, 0.15) is 21.5 Å². The van der Waals surface area contributed by atoms with Crippen molar-refractivity contribution in [3.8, 4) is 0 Å². The van der Waals surface area contributed by atoms with E-state index in [1.54, 1.807) is 6.07 Å². The maximum absolute atomic E-state index is 12.1. The van der Waals surface area contributed by atoms with E-state index in [0.717, 1.165) is 5.56 Å². The third kappa shape index (κ3) is 3.53. The Kier molecular flexibility index (Phi) is 4.01. The van der Waals surface area contributed by atoms with Crippen LogP contribution in [0.5, 0.6) is 0 Å². The molecule has 20 heavy (non-hydrogen) atoms. The summed E-state index contributed by atoms with van der Waals surface area (Å²) in [6.07, 6.45) is 0.190. The fourth-order valence-corrected chi connectivity index (χ4v) is 2.37. The molecular formula is C15H14O4S. The van der Waals surface area contributed by atoms with Gasteiger partial charge < -0.3 is 0 Å². The van der Waals surface area contributed by atoms with Crippen LogP contribution in [-0.2, 0) is 16.5 Å². The first-order valence-electron chi connectivity index (χ1n) is 6.02. The number of benzene rings is 2. The van der Waals surface area contributed by atoms with Crippen LogP contribution in [-0.4, -0.2) is 18.8 Å². The van der Waals surface area contributed by atoms with Crippen molar-refractivity contribution < 1.29 is 17.8 Å². The van der Waals surface area contributed by atoms with Crippen LogP contribution in [0.3, 0.4) is 0 Å². The summed E-state index contributed by atoms with van der Waals surface area (Å²) in [6.45, 7) is 1.91. The first kappa shape index (κ1) is 14.4. The Bertz CT molecular complexity index is 731. The molecule has 0 aliphatic rings. The molecule has 0 unspecified atom stereocenters. The molecule has 0 saturated heterocycles. The standard InChI is InChI=1S/C15H14O4S/c1-11-3-2-4-13(9-11)15(16)10-12-5-7-14(8-6-12)20(17,18)19/h2-9H,10H2,1H3,(H,17,18,19). The predicted molar refractivity (Wildman–Crippen MR) is 75.5 cm³/mol. The number of hydrogen-bond donors (Lipinski definition) is 1. The first-order chi connectivity index (χ1) is 9.36. The van der Waals surface area contributed by atoms with Gasteiger partial charge in [0, 0.05) is 12.0 Å². The molecule has 0 bridgehead atoms. The normalized spacial score (nSPS) is 11.3. The second kappa shape index (κ2) is 5.56. The minimum atomic E-state index is -4.19. The second-order valence-corrected chi connectivity index (χ2v) is 6.01. The molecule has 0 atom stereocenters. The topological polar surface area (TPSA) is 71.4 Å². The number of ketones is 1. The average Bonchev–Trinajstić information content (AvgIpc) is 2.38. The van der Waals surface area contributed by atoms with Gasteiger partial charge in [-0.15, -0.1) is 0 Å². The fraction of sp³-hybridized carbons (Fsp3) is 0.133. The molecule has 2 aromatic carbocycles. The molecule has 0 amide bonds. The summed E-state index contributed by atoms with van der Waals surface area (Å²) in [4.78, 5) is 11.9. The van der Waals surface area contributed by atoms with Gasteiger partial charge in [0.2, 0.25) is 0 Å². The van der Waals surface area contributed by atoms with E-state index in [4.69, 9.17) is 4.55 Å². The highest BCUT2D eigenvalue weighted by molar-refractivity contribution is 7.85.